The van der Waals surface area contributed by atoms with E-state index in [4.69, 9.17) is 23.2 Å². The summed E-state index contributed by atoms with van der Waals surface area (Å²) in [6.45, 7) is 3.13. The van der Waals surface area contributed by atoms with E-state index in [1.807, 2.05) is 48.5 Å². The highest BCUT2D eigenvalue weighted by molar-refractivity contribution is 7.89. The molecule has 6 rings (SSSR count). The van der Waals surface area contributed by atoms with Gasteiger partial charge < -0.3 is 9.80 Å². The first-order chi connectivity index (χ1) is 20.2. The highest BCUT2D eigenvalue weighted by atomic mass is 35.5. The van der Waals surface area contributed by atoms with Crippen LogP contribution in [0.1, 0.15) is 0 Å². The number of hydrogen-bond donors (Lipinski definition) is 0. The molecule has 4 aromatic carbocycles. The zero-order valence-corrected chi connectivity index (χ0v) is 25.9. The highest BCUT2D eigenvalue weighted by Gasteiger charge is 2.33. The predicted octanol–water partition coefficient (Wildman–Crippen LogP) is 5.17. The van der Waals surface area contributed by atoms with Crippen LogP contribution in [0.15, 0.2) is 94.7 Å². The average Bonchev–Trinajstić information content (AvgIpc) is 3.01. The van der Waals surface area contributed by atoms with Crippen LogP contribution in [0, 0.1) is 0 Å². The van der Waals surface area contributed by atoms with Crippen LogP contribution in [0.3, 0.4) is 0 Å². The molecular weight excluding hydrogens is 615 g/mol. The second-order valence-corrected chi connectivity index (χ2v) is 14.9. The molecule has 0 atom stereocenters. The summed E-state index contributed by atoms with van der Waals surface area (Å²) in [4.78, 5) is 4.36. The Morgan fingerprint density at radius 3 is 1.17 bits per heavy atom. The van der Waals surface area contributed by atoms with Crippen molar-refractivity contribution >= 4 is 65.4 Å². The van der Waals surface area contributed by atoms with Crippen molar-refractivity contribution < 1.29 is 16.8 Å². The summed E-state index contributed by atoms with van der Waals surface area (Å²) in [6, 6.07) is 24.7. The second kappa shape index (κ2) is 11.7. The standard InChI is InChI=1S/C30H30Cl2N4O4S2/c31-25-9-1-3-11-27(25)33-15-19-35(20-16-33)41(37,38)29-13-5-8-24-23(29)7-6-14-30(24)42(39,40)36-21-17-34(18-22-36)28-12-4-2-10-26(28)32/h1-14H,15-22H2. The van der Waals surface area contributed by atoms with Crippen molar-refractivity contribution in [3.63, 3.8) is 0 Å². The van der Waals surface area contributed by atoms with Gasteiger partial charge in [-0.3, -0.25) is 0 Å². The summed E-state index contributed by atoms with van der Waals surface area (Å²) in [5.41, 5.74) is 1.76. The number of halogens is 2. The van der Waals surface area contributed by atoms with Crippen molar-refractivity contribution in [1.29, 1.82) is 0 Å². The molecule has 2 saturated heterocycles. The number of benzene rings is 4. The molecule has 0 aromatic heterocycles. The summed E-state index contributed by atoms with van der Waals surface area (Å²) in [5, 5.41) is 2.03. The fourth-order valence-corrected chi connectivity index (χ4v) is 9.50. The second-order valence-electron chi connectivity index (χ2n) is 10.3. The summed E-state index contributed by atoms with van der Waals surface area (Å²) >= 11 is 12.7. The maximum Gasteiger partial charge on any atom is 0.243 e. The van der Waals surface area contributed by atoms with Gasteiger partial charge in [0.15, 0.2) is 0 Å². The molecule has 4 aromatic rings. The summed E-state index contributed by atoms with van der Waals surface area (Å²) in [5.74, 6) is 0. The lowest BCUT2D eigenvalue weighted by Gasteiger charge is -2.36. The highest BCUT2D eigenvalue weighted by Crippen LogP contribution is 2.34. The van der Waals surface area contributed by atoms with Crippen molar-refractivity contribution in [2.45, 2.75) is 9.79 Å². The molecular formula is C30H30Cl2N4O4S2. The number of sulfonamides is 2. The molecule has 12 heteroatoms. The van der Waals surface area contributed by atoms with E-state index >= 15 is 0 Å². The lowest BCUT2D eigenvalue weighted by Crippen LogP contribution is -2.49. The Bertz CT molecular complexity index is 1700. The van der Waals surface area contributed by atoms with Crippen LogP contribution in [-0.2, 0) is 20.0 Å². The molecule has 2 fully saturated rings. The van der Waals surface area contributed by atoms with Crippen molar-refractivity contribution in [1.82, 2.24) is 8.61 Å². The molecule has 0 N–H and O–H groups in total. The van der Waals surface area contributed by atoms with Crippen LogP contribution in [0.5, 0.6) is 0 Å². The van der Waals surface area contributed by atoms with E-state index in [1.54, 1.807) is 36.4 Å². The SMILES string of the molecule is O=S(=O)(c1cccc2c(S(=O)(=O)N3CCN(c4ccccc4Cl)CC3)cccc12)N1CCN(c2ccccc2Cl)CC1. The summed E-state index contributed by atoms with van der Waals surface area (Å²) in [7, 11) is -7.77. The van der Waals surface area contributed by atoms with E-state index in [0.717, 1.165) is 11.4 Å². The van der Waals surface area contributed by atoms with Gasteiger partial charge >= 0.3 is 0 Å². The smallest absolute Gasteiger partial charge is 0.243 e. The van der Waals surface area contributed by atoms with E-state index in [1.165, 1.54) is 8.61 Å². The molecule has 42 heavy (non-hydrogen) atoms. The van der Waals surface area contributed by atoms with Gasteiger partial charge in [0.1, 0.15) is 0 Å². The Morgan fingerprint density at radius 2 is 0.810 bits per heavy atom. The van der Waals surface area contributed by atoms with Gasteiger partial charge in [-0.15, -0.1) is 0 Å². The van der Waals surface area contributed by atoms with Gasteiger partial charge in [0, 0.05) is 63.1 Å². The third-order valence-corrected chi connectivity index (χ3v) is 12.5. The van der Waals surface area contributed by atoms with Crippen LogP contribution in [0.25, 0.3) is 10.8 Å². The first-order valence-corrected chi connectivity index (χ1v) is 17.3. The van der Waals surface area contributed by atoms with E-state index in [0.29, 0.717) is 47.0 Å². The molecule has 2 aliphatic rings. The van der Waals surface area contributed by atoms with E-state index in [2.05, 4.69) is 9.80 Å². The fourth-order valence-electron chi connectivity index (χ4n) is 5.74. The zero-order chi connectivity index (χ0) is 29.5. The molecule has 0 amide bonds. The minimum Gasteiger partial charge on any atom is -0.368 e. The van der Waals surface area contributed by atoms with Gasteiger partial charge in [0.05, 0.1) is 31.2 Å². The Kier molecular flexibility index (Phi) is 8.12. The maximum atomic E-state index is 13.9. The molecule has 0 saturated carbocycles. The van der Waals surface area contributed by atoms with Crippen LogP contribution < -0.4 is 9.80 Å². The summed E-state index contributed by atoms with van der Waals surface area (Å²) in [6.07, 6.45) is 0. The molecule has 0 unspecified atom stereocenters. The largest absolute Gasteiger partial charge is 0.368 e. The third kappa shape index (κ3) is 5.36. The first-order valence-electron chi connectivity index (χ1n) is 13.7. The molecule has 2 aliphatic heterocycles. The van der Waals surface area contributed by atoms with Gasteiger partial charge in [0.2, 0.25) is 20.0 Å². The fraction of sp³-hybridized carbons (Fsp3) is 0.267. The number of rotatable bonds is 6. The monoisotopic (exact) mass is 644 g/mol. The first kappa shape index (κ1) is 29.2. The van der Waals surface area contributed by atoms with Crippen molar-refractivity contribution in [3.8, 4) is 0 Å². The summed E-state index contributed by atoms with van der Waals surface area (Å²) < 4.78 is 58.4. The topological polar surface area (TPSA) is 81.2 Å². The van der Waals surface area contributed by atoms with Gasteiger partial charge in [0.25, 0.3) is 0 Å². The van der Waals surface area contributed by atoms with Gasteiger partial charge in [-0.2, -0.15) is 8.61 Å². The third-order valence-electron chi connectivity index (χ3n) is 7.94. The number of fused-ring (bicyclic) bond motifs is 1. The van der Waals surface area contributed by atoms with Crippen LogP contribution in [0.4, 0.5) is 11.4 Å². The lowest BCUT2D eigenvalue weighted by molar-refractivity contribution is 0.384. The zero-order valence-electron chi connectivity index (χ0n) is 22.7. The Labute approximate surface area is 256 Å². The van der Waals surface area contributed by atoms with Crippen LogP contribution in [0.2, 0.25) is 10.0 Å². The predicted molar refractivity (Wildman–Crippen MR) is 169 cm³/mol. The van der Waals surface area contributed by atoms with Crippen molar-refractivity contribution in [3.05, 3.63) is 95.0 Å². The molecule has 8 nitrogen and oxygen atoms in total. The molecule has 220 valence electrons. The molecule has 0 bridgehead atoms. The number of nitrogens with zero attached hydrogens (tertiary/aromatic N) is 4. The number of piperazine rings is 2. The van der Waals surface area contributed by atoms with Crippen molar-refractivity contribution in [2.24, 2.45) is 0 Å². The minimum absolute atomic E-state index is 0.104. The lowest BCUT2D eigenvalue weighted by atomic mass is 10.1. The number of para-hydroxylation sites is 2. The molecule has 0 radical (unpaired) electrons. The quantitative estimate of drug-likeness (QED) is 0.288. The van der Waals surface area contributed by atoms with Gasteiger partial charge in [-0.1, -0.05) is 71.7 Å². The molecule has 0 aliphatic carbocycles. The normalized spacial score (nSPS) is 17.6. The Hall–Kier alpha value is -2.86. The van der Waals surface area contributed by atoms with Gasteiger partial charge in [-0.25, -0.2) is 16.8 Å². The Morgan fingerprint density at radius 1 is 0.452 bits per heavy atom. The van der Waals surface area contributed by atoms with E-state index < -0.39 is 20.0 Å². The van der Waals surface area contributed by atoms with E-state index in [9.17, 15) is 16.8 Å². The number of anilines is 2. The van der Waals surface area contributed by atoms with Crippen LogP contribution in [-0.4, -0.2) is 77.8 Å². The van der Waals surface area contributed by atoms with Gasteiger partial charge in [-0.05, 0) is 36.4 Å². The van der Waals surface area contributed by atoms with Crippen molar-refractivity contribution in [2.75, 3.05) is 62.2 Å². The Balaban J connectivity index is 1.24. The average molecular weight is 646 g/mol. The van der Waals surface area contributed by atoms with Crippen LogP contribution >= 0.6 is 23.2 Å². The molecule has 0 spiro atoms. The maximum absolute atomic E-state index is 13.9. The van der Waals surface area contributed by atoms with E-state index in [-0.39, 0.29) is 36.0 Å². The minimum atomic E-state index is -3.89. The molecule has 2 heterocycles. The number of hydrogen-bond acceptors (Lipinski definition) is 6.